The van der Waals surface area contributed by atoms with E-state index < -0.39 is 0 Å². The van der Waals surface area contributed by atoms with E-state index in [1.807, 2.05) is 31.4 Å². The minimum absolute atomic E-state index is 0.104. The molecule has 0 spiro atoms. The van der Waals surface area contributed by atoms with Gasteiger partial charge in [-0.15, -0.1) is 0 Å². The molecule has 7 nitrogen and oxygen atoms in total. The van der Waals surface area contributed by atoms with Crippen LogP contribution < -0.4 is 15.4 Å². The number of nitrogens with one attached hydrogen (secondary N) is 2. The van der Waals surface area contributed by atoms with Crippen molar-refractivity contribution in [1.82, 2.24) is 20.3 Å². The van der Waals surface area contributed by atoms with Crippen molar-refractivity contribution in [2.45, 2.75) is 32.3 Å². The predicted octanol–water partition coefficient (Wildman–Crippen LogP) is 3.72. The zero-order valence-corrected chi connectivity index (χ0v) is 17.6. The SMILES string of the molecule is CNCCCCCc1ccc(-c2ccnc(Nc3ccc(OC)c(CO)c3)n2)cn1. The lowest BCUT2D eigenvalue weighted by atomic mass is 10.1. The Balaban J connectivity index is 1.65. The Kier molecular flexibility index (Phi) is 8.11. The molecular formula is C23H29N5O2. The molecule has 7 heteroatoms. The number of rotatable bonds is 11. The average Bonchev–Trinajstić information content (AvgIpc) is 2.79. The molecule has 0 amide bonds. The zero-order valence-electron chi connectivity index (χ0n) is 17.6. The van der Waals surface area contributed by atoms with Gasteiger partial charge in [0.25, 0.3) is 0 Å². The fraction of sp³-hybridized carbons (Fsp3) is 0.348. The van der Waals surface area contributed by atoms with E-state index in [-0.39, 0.29) is 6.61 Å². The second-order valence-corrected chi connectivity index (χ2v) is 7.03. The second kappa shape index (κ2) is 11.2. The molecule has 0 saturated heterocycles. The van der Waals surface area contributed by atoms with Crippen molar-refractivity contribution in [3.63, 3.8) is 0 Å². The van der Waals surface area contributed by atoms with E-state index in [2.05, 4.69) is 37.7 Å². The van der Waals surface area contributed by atoms with Gasteiger partial charge in [0.15, 0.2) is 0 Å². The minimum atomic E-state index is -0.104. The normalized spacial score (nSPS) is 10.8. The van der Waals surface area contributed by atoms with Crippen molar-refractivity contribution in [3.8, 4) is 17.0 Å². The predicted molar refractivity (Wildman–Crippen MR) is 119 cm³/mol. The van der Waals surface area contributed by atoms with Gasteiger partial charge in [0.2, 0.25) is 5.95 Å². The lowest BCUT2D eigenvalue weighted by molar-refractivity contribution is 0.274. The van der Waals surface area contributed by atoms with Crippen LogP contribution in [0.1, 0.15) is 30.5 Å². The summed E-state index contributed by atoms with van der Waals surface area (Å²) in [4.78, 5) is 13.5. The number of hydrogen-bond donors (Lipinski definition) is 3. The maximum absolute atomic E-state index is 9.50. The third-order valence-electron chi connectivity index (χ3n) is 4.84. The Labute approximate surface area is 177 Å². The van der Waals surface area contributed by atoms with Gasteiger partial charge >= 0.3 is 0 Å². The molecule has 0 aliphatic rings. The highest BCUT2D eigenvalue weighted by atomic mass is 16.5. The summed E-state index contributed by atoms with van der Waals surface area (Å²) in [6, 6.07) is 11.5. The number of hydrogen-bond acceptors (Lipinski definition) is 7. The van der Waals surface area contributed by atoms with Gasteiger partial charge in [0.05, 0.1) is 19.4 Å². The van der Waals surface area contributed by atoms with E-state index in [9.17, 15) is 5.11 Å². The molecule has 0 bridgehead atoms. The standard InChI is InChI=1S/C23H29N5O2/c1-24-12-5-3-4-6-19-8-7-17(15-26-19)21-11-13-25-23(28-21)27-20-9-10-22(30-2)18(14-20)16-29/h7-11,13-15,24,29H,3-6,12,16H2,1-2H3,(H,25,27,28). The number of aromatic nitrogens is 3. The highest BCUT2D eigenvalue weighted by Gasteiger charge is 2.07. The minimum Gasteiger partial charge on any atom is -0.496 e. The molecule has 0 atom stereocenters. The summed E-state index contributed by atoms with van der Waals surface area (Å²) in [5, 5.41) is 15.9. The summed E-state index contributed by atoms with van der Waals surface area (Å²) in [5.74, 6) is 1.13. The molecule has 2 aromatic heterocycles. The molecular weight excluding hydrogens is 378 g/mol. The third-order valence-corrected chi connectivity index (χ3v) is 4.84. The van der Waals surface area contributed by atoms with Gasteiger partial charge in [0.1, 0.15) is 5.75 Å². The molecule has 30 heavy (non-hydrogen) atoms. The van der Waals surface area contributed by atoms with Gasteiger partial charge < -0.3 is 20.5 Å². The first-order chi connectivity index (χ1) is 14.7. The van der Waals surface area contributed by atoms with Crippen molar-refractivity contribution in [2.24, 2.45) is 0 Å². The fourth-order valence-electron chi connectivity index (χ4n) is 3.20. The summed E-state index contributed by atoms with van der Waals surface area (Å²) < 4.78 is 5.24. The van der Waals surface area contributed by atoms with E-state index in [0.717, 1.165) is 42.0 Å². The van der Waals surface area contributed by atoms with Gasteiger partial charge in [-0.1, -0.05) is 6.42 Å². The van der Waals surface area contributed by atoms with Crippen LogP contribution in [0.4, 0.5) is 11.6 Å². The molecule has 1 aromatic carbocycles. The lowest BCUT2D eigenvalue weighted by Crippen LogP contribution is -2.07. The van der Waals surface area contributed by atoms with Gasteiger partial charge in [-0.2, -0.15) is 0 Å². The van der Waals surface area contributed by atoms with Crippen molar-refractivity contribution in [1.29, 1.82) is 0 Å². The van der Waals surface area contributed by atoms with Gasteiger partial charge in [0, 0.05) is 34.9 Å². The summed E-state index contributed by atoms with van der Waals surface area (Å²) >= 11 is 0. The molecule has 3 aromatic rings. The molecule has 3 N–H and O–H groups in total. The van der Waals surface area contributed by atoms with Crippen molar-refractivity contribution in [3.05, 3.63) is 60.0 Å². The highest BCUT2D eigenvalue weighted by Crippen LogP contribution is 2.25. The average molecular weight is 408 g/mol. The first-order valence-corrected chi connectivity index (χ1v) is 10.2. The molecule has 2 heterocycles. The van der Waals surface area contributed by atoms with Crippen LogP contribution in [-0.2, 0) is 13.0 Å². The van der Waals surface area contributed by atoms with Crippen LogP contribution in [0.2, 0.25) is 0 Å². The van der Waals surface area contributed by atoms with Crippen LogP contribution in [0.5, 0.6) is 5.75 Å². The van der Waals surface area contributed by atoms with E-state index in [0.29, 0.717) is 17.3 Å². The number of anilines is 2. The number of pyridine rings is 1. The molecule has 0 radical (unpaired) electrons. The van der Waals surface area contributed by atoms with Crippen LogP contribution in [0.15, 0.2) is 48.8 Å². The Hall–Kier alpha value is -3.03. The Morgan fingerprint density at radius 1 is 1.03 bits per heavy atom. The molecule has 3 rings (SSSR count). The topological polar surface area (TPSA) is 92.2 Å². The molecule has 0 unspecified atom stereocenters. The first kappa shape index (κ1) is 21.7. The van der Waals surface area contributed by atoms with Crippen LogP contribution in [0.3, 0.4) is 0 Å². The van der Waals surface area contributed by atoms with Gasteiger partial charge in [-0.3, -0.25) is 4.98 Å². The first-order valence-electron chi connectivity index (χ1n) is 10.2. The number of methoxy groups -OCH3 is 1. The number of nitrogens with zero attached hydrogens (tertiary/aromatic N) is 3. The van der Waals surface area contributed by atoms with E-state index >= 15 is 0 Å². The Bertz CT molecular complexity index is 931. The molecule has 0 fully saturated rings. The molecule has 0 aliphatic heterocycles. The third kappa shape index (κ3) is 5.98. The maximum Gasteiger partial charge on any atom is 0.227 e. The molecule has 158 valence electrons. The Morgan fingerprint density at radius 3 is 2.67 bits per heavy atom. The monoisotopic (exact) mass is 407 g/mol. The zero-order chi connectivity index (χ0) is 21.2. The lowest BCUT2D eigenvalue weighted by Gasteiger charge is -2.10. The maximum atomic E-state index is 9.50. The number of aliphatic hydroxyl groups is 1. The second-order valence-electron chi connectivity index (χ2n) is 7.03. The number of aliphatic hydroxyl groups excluding tert-OH is 1. The quantitative estimate of drug-likeness (QED) is 0.417. The van der Waals surface area contributed by atoms with Crippen molar-refractivity contribution < 1.29 is 9.84 Å². The van der Waals surface area contributed by atoms with Crippen LogP contribution in [0, 0.1) is 0 Å². The fourth-order valence-corrected chi connectivity index (χ4v) is 3.20. The highest BCUT2D eigenvalue weighted by molar-refractivity contribution is 5.62. The van der Waals surface area contributed by atoms with Crippen LogP contribution in [0.25, 0.3) is 11.3 Å². The smallest absolute Gasteiger partial charge is 0.227 e. The molecule has 0 saturated carbocycles. The summed E-state index contributed by atoms with van der Waals surface area (Å²) in [6.45, 7) is 0.960. The molecule has 0 aliphatic carbocycles. The number of unbranched alkanes of at least 4 members (excludes halogenated alkanes) is 2. The van der Waals surface area contributed by atoms with Gasteiger partial charge in [-0.25, -0.2) is 9.97 Å². The van der Waals surface area contributed by atoms with Crippen LogP contribution in [-0.4, -0.2) is 40.8 Å². The van der Waals surface area contributed by atoms with E-state index in [4.69, 9.17) is 4.74 Å². The Morgan fingerprint density at radius 2 is 1.93 bits per heavy atom. The van der Waals surface area contributed by atoms with E-state index in [1.165, 1.54) is 12.8 Å². The number of aryl methyl sites for hydroxylation is 1. The van der Waals surface area contributed by atoms with E-state index in [1.54, 1.807) is 19.4 Å². The van der Waals surface area contributed by atoms with Crippen molar-refractivity contribution in [2.75, 3.05) is 26.0 Å². The largest absolute Gasteiger partial charge is 0.496 e. The summed E-state index contributed by atoms with van der Waals surface area (Å²) in [6.07, 6.45) is 8.12. The summed E-state index contributed by atoms with van der Waals surface area (Å²) in [7, 11) is 3.56. The van der Waals surface area contributed by atoms with Crippen LogP contribution >= 0.6 is 0 Å². The number of ether oxygens (including phenoxy) is 1. The van der Waals surface area contributed by atoms with Crippen molar-refractivity contribution >= 4 is 11.6 Å². The number of benzene rings is 1. The summed E-state index contributed by atoms with van der Waals surface area (Å²) in [5.41, 5.74) is 4.33. The van der Waals surface area contributed by atoms with Gasteiger partial charge in [-0.05, 0) is 69.3 Å².